The SMILES string of the molecule is CC(=O)N(c1ccc(Cl)cc1F)C1CSC(=Nc2ccc(OC(F)(F)F)cc2)N1C.Cl. The summed E-state index contributed by atoms with van der Waals surface area (Å²) >= 11 is 7.14. The molecule has 12 heteroatoms. The third-order valence-corrected chi connectivity index (χ3v) is 5.55. The first-order valence-electron chi connectivity index (χ1n) is 8.60. The summed E-state index contributed by atoms with van der Waals surface area (Å²) in [7, 11) is 1.70. The molecule has 1 heterocycles. The van der Waals surface area contributed by atoms with Crippen molar-refractivity contribution in [3.8, 4) is 5.75 Å². The monoisotopic (exact) mass is 497 g/mol. The first-order valence-corrected chi connectivity index (χ1v) is 9.96. The molecule has 0 saturated carbocycles. The summed E-state index contributed by atoms with van der Waals surface area (Å²) in [6.07, 6.45) is -5.27. The van der Waals surface area contributed by atoms with Crippen LogP contribution in [-0.2, 0) is 4.79 Å². The number of benzene rings is 2. The Morgan fingerprint density at radius 2 is 1.90 bits per heavy atom. The van der Waals surface area contributed by atoms with Gasteiger partial charge in [0.15, 0.2) is 5.17 Å². The van der Waals surface area contributed by atoms with Crippen molar-refractivity contribution in [2.24, 2.45) is 4.99 Å². The van der Waals surface area contributed by atoms with Gasteiger partial charge in [0.25, 0.3) is 0 Å². The molecule has 0 radical (unpaired) electrons. The normalized spacial score (nSPS) is 17.5. The number of aliphatic imine (C=N–C) groups is 1. The van der Waals surface area contributed by atoms with Crippen LogP contribution in [0.15, 0.2) is 47.5 Å². The summed E-state index contributed by atoms with van der Waals surface area (Å²) in [5.41, 5.74) is 0.505. The Kier molecular flexibility index (Phi) is 8.07. The summed E-state index contributed by atoms with van der Waals surface area (Å²) in [5.74, 6) is -0.908. The first-order chi connectivity index (χ1) is 14.0. The van der Waals surface area contributed by atoms with Crippen molar-refractivity contribution in [3.05, 3.63) is 53.3 Å². The van der Waals surface area contributed by atoms with E-state index in [2.05, 4.69) is 9.73 Å². The van der Waals surface area contributed by atoms with Crippen LogP contribution in [0.1, 0.15) is 6.92 Å². The van der Waals surface area contributed by atoms with Crippen LogP contribution in [0.25, 0.3) is 0 Å². The minimum absolute atomic E-state index is 0. The Balaban J connectivity index is 0.00000341. The average Bonchev–Trinajstić information content (AvgIpc) is 2.98. The maximum absolute atomic E-state index is 14.4. The van der Waals surface area contributed by atoms with Crippen molar-refractivity contribution in [3.63, 3.8) is 0 Å². The summed E-state index contributed by atoms with van der Waals surface area (Å²) in [6.45, 7) is 1.33. The van der Waals surface area contributed by atoms with Gasteiger partial charge in [0.2, 0.25) is 5.91 Å². The van der Waals surface area contributed by atoms with E-state index < -0.39 is 18.3 Å². The molecule has 1 unspecified atom stereocenters. The van der Waals surface area contributed by atoms with Crippen molar-refractivity contribution in [1.29, 1.82) is 0 Å². The Bertz CT molecular complexity index is 974. The molecule has 2 aromatic carbocycles. The Morgan fingerprint density at radius 1 is 1.26 bits per heavy atom. The van der Waals surface area contributed by atoms with Gasteiger partial charge in [-0.1, -0.05) is 23.4 Å². The number of hydrogen-bond donors (Lipinski definition) is 0. The van der Waals surface area contributed by atoms with E-state index in [1.54, 1.807) is 11.9 Å². The number of hydrogen-bond acceptors (Lipinski definition) is 4. The fraction of sp³-hybridized carbons (Fsp3) is 0.263. The molecule has 1 saturated heterocycles. The van der Waals surface area contributed by atoms with E-state index in [0.29, 0.717) is 16.6 Å². The van der Waals surface area contributed by atoms with Crippen LogP contribution >= 0.6 is 35.8 Å². The van der Waals surface area contributed by atoms with Crippen LogP contribution in [0.5, 0.6) is 5.75 Å². The molecule has 1 amide bonds. The average molecular weight is 498 g/mol. The lowest BCUT2D eigenvalue weighted by Gasteiger charge is -2.33. The van der Waals surface area contributed by atoms with Gasteiger partial charge >= 0.3 is 6.36 Å². The van der Waals surface area contributed by atoms with Gasteiger partial charge in [-0.25, -0.2) is 9.38 Å². The van der Waals surface area contributed by atoms with Crippen LogP contribution in [0.2, 0.25) is 5.02 Å². The van der Waals surface area contributed by atoms with E-state index in [1.165, 1.54) is 47.9 Å². The highest BCUT2D eigenvalue weighted by molar-refractivity contribution is 8.14. The highest BCUT2D eigenvalue weighted by Gasteiger charge is 2.35. The van der Waals surface area contributed by atoms with Gasteiger partial charge in [-0.3, -0.25) is 9.69 Å². The number of halogens is 6. The van der Waals surface area contributed by atoms with Crippen LogP contribution in [0, 0.1) is 5.82 Å². The predicted octanol–water partition coefficient (Wildman–Crippen LogP) is 5.84. The molecule has 1 atom stereocenters. The van der Waals surface area contributed by atoms with Crippen molar-refractivity contribution >= 4 is 58.2 Å². The predicted molar refractivity (Wildman–Crippen MR) is 116 cm³/mol. The second-order valence-electron chi connectivity index (χ2n) is 6.32. The van der Waals surface area contributed by atoms with Gasteiger partial charge in [-0.05, 0) is 42.5 Å². The molecule has 5 nitrogen and oxygen atoms in total. The third kappa shape index (κ3) is 6.18. The topological polar surface area (TPSA) is 45.1 Å². The maximum atomic E-state index is 14.4. The molecule has 0 N–H and O–H groups in total. The van der Waals surface area contributed by atoms with Crippen LogP contribution in [0.4, 0.5) is 28.9 Å². The van der Waals surface area contributed by atoms with E-state index in [4.69, 9.17) is 11.6 Å². The molecule has 3 rings (SSSR count). The molecule has 1 aliphatic rings. The van der Waals surface area contributed by atoms with Gasteiger partial charge < -0.3 is 9.64 Å². The lowest BCUT2D eigenvalue weighted by molar-refractivity contribution is -0.274. The van der Waals surface area contributed by atoms with E-state index in [1.807, 2.05) is 0 Å². The molecule has 31 heavy (non-hydrogen) atoms. The molecular weight excluding hydrogens is 481 g/mol. The number of anilines is 1. The maximum Gasteiger partial charge on any atom is 0.573 e. The first kappa shape index (κ1) is 25.1. The smallest absolute Gasteiger partial charge is 0.406 e. The van der Waals surface area contributed by atoms with Gasteiger partial charge in [-0.15, -0.1) is 25.6 Å². The lowest BCUT2D eigenvalue weighted by Crippen LogP contribution is -2.48. The minimum atomic E-state index is -4.77. The van der Waals surface area contributed by atoms with Crippen LogP contribution in [-0.4, -0.2) is 41.3 Å². The standard InChI is InChI=1S/C19H16ClF4N3O2S.ClH/c1-11(28)27(16-8-3-12(20)9-15(16)21)17-10-30-18(26(17)2)25-13-4-6-14(7-5-13)29-19(22,23)24;/h3-9,17H,10H2,1-2H3;1H. The quantitative estimate of drug-likeness (QED) is 0.497. The van der Waals surface area contributed by atoms with Gasteiger partial charge in [0.05, 0.1) is 11.4 Å². The summed E-state index contributed by atoms with van der Waals surface area (Å²) in [4.78, 5) is 19.7. The van der Waals surface area contributed by atoms with E-state index in [0.717, 1.165) is 18.2 Å². The lowest BCUT2D eigenvalue weighted by atomic mass is 10.2. The largest absolute Gasteiger partial charge is 0.573 e. The molecule has 2 aromatic rings. The summed E-state index contributed by atoms with van der Waals surface area (Å²) in [5, 5.41) is 0.749. The number of amidine groups is 1. The number of ether oxygens (including phenoxy) is 1. The Labute approximate surface area is 191 Å². The van der Waals surface area contributed by atoms with Crippen LogP contribution < -0.4 is 9.64 Å². The minimum Gasteiger partial charge on any atom is -0.406 e. The van der Waals surface area contributed by atoms with Crippen LogP contribution in [0.3, 0.4) is 0 Å². The number of thioether (sulfide) groups is 1. The zero-order valence-electron chi connectivity index (χ0n) is 16.2. The fourth-order valence-electron chi connectivity index (χ4n) is 2.90. The summed E-state index contributed by atoms with van der Waals surface area (Å²) < 4.78 is 55.1. The number of amides is 1. The van der Waals surface area contributed by atoms with Gasteiger partial charge in [-0.2, -0.15) is 0 Å². The molecule has 1 fully saturated rings. The molecule has 0 bridgehead atoms. The Morgan fingerprint density at radius 3 is 2.45 bits per heavy atom. The van der Waals surface area contributed by atoms with Gasteiger partial charge in [0, 0.05) is 24.7 Å². The van der Waals surface area contributed by atoms with E-state index in [9.17, 15) is 22.4 Å². The number of carbonyl (C=O) groups is 1. The zero-order chi connectivity index (χ0) is 22.1. The second kappa shape index (κ2) is 9.97. The number of rotatable bonds is 4. The Hall–Kier alpha value is -2.17. The van der Waals surface area contributed by atoms with E-state index in [-0.39, 0.29) is 34.8 Å². The molecule has 0 aromatic heterocycles. The fourth-order valence-corrected chi connectivity index (χ4v) is 4.22. The third-order valence-electron chi connectivity index (χ3n) is 4.21. The highest BCUT2D eigenvalue weighted by atomic mass is 35.5. The molecular formula is C19H17Cl2F4N3O2S. The van der Waals surface area contributed by atoms with Crippen molar-refractivity contribution < 1.29 is 27.1 Å². The summed E-state index contributed by atoms with van der Waals surface area (Å²) in [6, 6.07) is 9.16. The number of nitrogens with zero attached hydrogens (tertiary/aromatic N) is 3. The molecule has 168 valence electrons. The molecule has 1 aliphatic heterocycles. The van der Waals surface area contributed by atoms with E-state index >= 15 is 0 Å². The van der Waals surface area contributed by atoms with Crippen molar-refractivity contribution in [2.45, 2.75) is 19.5 Å². The second-order valence-corrected chi connectivity index (χ2v) is 7.75. The molecule has 0 aliphatic carbocycles. The number of carbonyl (C=O) groups excluding carboxylic acids is 1. The zero-order valence-corrected chi connectivity index (χ0v) is 18.6. The van der Waals surface area contributed by atoms with Gasteiger partial charge in [0.1, 0.15) is 17.7 Å². The van der Waals surface area contributed by atoms with Crippen molar-refractivity contribution in [1.82, 2.24) is 4.90 Å². The highest BCUT2D eigenvalue weighted by Crippen LogP contribution is 2.33. The van der Waals surface area contributed by atoms with Crippen molar-refractivity contribution in [2.75, 3.05) is 17.7 Å². The molecule has 0 spiro atoms. The number of alkyl halides is 3.